The monoisotopic (exact) mass is 410 g/mol. The smallest absolute Gasteiger partial charge is 0.419 e. The van der Waals surface area contributed by atoms with Gasteiger partial charge in [-0.05, 0) is 32.9 Å². The first kappa shape index (κ1) is 21.0. The molecule has 0 atom stereocenters. The molecule has 0 aliphatic heterocycles. The van der Waals surface area contributed by atoms with Gasteiger partial charge in [0.05, 0.1) is 36.6 Å². The summed E-state index contributed by atoms with van der Waals surface area (Å²) in [5, 5.41) is 0.734. The van der Waals surface area contributed by atoms with Crippen molar-refractivity contribution in [1.82, 2.24) is 9.55 Å². The van der Waals surface area contributed by atoms with Crippen LogP contribution in [0.2, 0.25) is 0 Å². The van der Waals surface area contributed by atoms with Crippen LogP contribution < -0.4 is 0 Å². The molecule has 0 bridgehead atoms. The molecule has 0 fully saturated rings. The zero-order valence-corrected chi connectivity index (χ0v) is 17.4. The number of fused-ring (bicyclic) bond motifs is 1. The van der Waals surface area contributed by atoms with Crippen molar-refractivity contribution in [2.45, 2.75) is 26.4 Å². The molecular formula is C22H22N2O6. The minimum absolute atomic E-state index is 0.0102. The summed E-state index contributed by atoms with van der Waals surface area (Å²) in [6.45, 7) is 5.35. The average molecular weight is 410 g/mol. The summed E-state index contributed by atoms with van der Waals surface area (Å²) < 4.78 is 16.4. The molecule has 0 unspecified atom stereocenters. The third-order valence-corrected chi connectivity index (χ3v) is 4.29. The molecule has 0 aliphatic carbocycles. The van der Waals surface area contributed by atoms with Gasteiger partial charge >= 0.3 is 18.0 Å². The zero-order chi connectivity index (χ0) is 22.1. The molecule has 0 saturated carbocycles. The van der Waals surface area contributed by atoms with E-state index in [1.165, 1.54) is 31.0 Å². The van der Waals surface area contributed by atoms with Gasteiger partial charge in [0.2, 0.25) is 0 Å². The predicted molar refractivity (Wildman–Crippen MR) is 109 cm³/mol. The Labute approximate surface area is 173 Å². The maximum Gasteiger partial charge on any atom is 0.419 e. The van der Waals surface area contributed by atoms with Crippen LogP contribution in [-0.2, 0) is 14.2 Å². The fourth-order valence-corrected chi connectivity index (χ4v) is 3.00. The van der Waals surface area contributed by atoms with Gasteiger partial charge in [0.15, 0.2) is 0 Å². The highest BCUT2D eigenvalue weighted by atomic mass is 16.6. The van der Waals surface area contributed by atoms with Crippen LogP contribution in [0.4, 0.5) is 4.79 Å². The normalized spacial score (nSPS) is 11.2. The SMILES string of the molecule is COC(=O)c1cnc(-c2cn(C(=O)OC(C)(C)C)c3ccccc23)cc1C(=O)OC. The van der Waals surface area contributed by atoms with Crippen LogP contribution in [0.5, 0.6) is 0 Å². The second-order valence-corrected chi connectivity index (χ2v) is 7.51. The van der Waals surface area contributed by atoms with E-state index in [9.17, 15) is 14.4 Å². The average Bonchev–Trinajstić information content (AvgIpc) is 3.11. The highest BCUT2D eigenvalue weighted by Crippen LogP contribution is 2.31. The van der Waals surface area contributed by atoms with Crippen LogP contribution in [0.15, 0.2) is 42.7 Å². The number of carbonyl (C=O) groups is 3. The number of para-hydroxylation sites is 1. The standard InChI is InChI=1S/C22H22N2O6/c1-22(2,3)30-21(27)24-12-16(13-8-6-7-9-18(13)24)17-10-14(19(25)28-4)15(11-23-17)20(26)29-5/h6-12H,1-5H3. The molecule has 30 heavy (non-hydrogen) atoms. The number of esters is 2. The lowest BCUT2D eigenvalue weighted by Crippen LogP contribution is -2.26. The lowest BCUT2D eigenvalue weighted by Gasteiger charge is -2.19. The van der Waals surface area contributed by atoms with Crippen LogP contribution in [0.1, 0.15) is 41.5 Å². The van der Waals surface area contributed by atoms with Crippen molar-refractivity contribution in [3.63, 3.8) is 0 Å². The van der Waals surface area contributed by atoms with Gasteiger partial charge in [-0.15, -0.1) is 0 Å². The number of hydrogen-bond donors (Lipinski definition) is 0. The van der Waals surface area contributed by atoms with Crippen molar-refractivity contribution in [1.29, 1.82) is 0 Å². The third-order valence-electron chi connectivity index (χ3n) is 4.29. The molecule has 8 heteroatoms. The minimum atomic E-state index is -0.703. The summed E-state index contributed by atoms with van der Waals surface area (Å²) in [6, 6.07) is 8.70. The Balaban J connectivity index is 2.19. The molecule has 3 aromatic rings. The highest BCUT2D eigenvalue weighted by molar-refractivity contribution is 6.05. The number of benzene rings is 1. The molecule has 8 nitrogen and oxygen atoms in total. The van der Waals surface area contributed by atoms with Crippen LogP contribution in [0.3, 0.4) is 0 Å². The Bertz CT molecular complexity index is 1140. The van der Waals surface area contributed by atoms with E-state index in [1.807, 2.05) is 12.1 Å². The summed E-state index contributed by atoms with van der Waals surface area (Å²) in [7, 11) is 2.43. The van der Waals surface area contributed by atoms with Crippen molar-refractivity contribution in [3.8, 4) is 11.3 Å². The first-order chi connectivity index (χ1) is 14.2. The molecule has 156 valence electrons. The Kier molecular flexibility index (Phi) is 5.60. The molecule has 0 saturated heterocycles. The van der Waals surface area contributed by atoms with Crippen molar-refractivity contribution in [3.05, 3.63) is 53.9 Å². The number of pyridine rings is 1. The fraction of sp³-hybridized carbons (Fsp3) is 0.273. The summed E-state index contributed by atoms with van der Waals surface area (Å²) in [6.07, 6.45) is 2.32. The summed E-state index contributed by atoms with van der Waals surface area (Å²) in [5.41, 5.74) is 0.952. The predicted octanol–water partition coefficient (Wildman–Crippen LogP) is 4.06. The Morgan fingerprint density at radius 2 is 1.60 bits per heavy atom. The first-order valence-corrected chi connectivity index (χ1v) is 9.16. The number of ether oxygens (including phenoxy) is 3. The Morgan fingerprint density at radius 3 is 2.23 bits per heavy atom. The molecule has 2 heterocycles. The fourth-order valence-electron chi connectivity index (χ4n) is 3.00. The number of nitrogens with zero attached hydrogens (tertiary/aromatic N) is 2. The van der Waals surface area contributed by atoms with E-state index in [2.05, 4.69) is 4.98 Å². The van der Waals surface area contributed by atoms with Crippen molar-refractivity contribution >= 4 is 28.9 Å². The summed E-state index contributed by atoms with van der Waals surface area (Å²) >= 11 is 0. The number of methoxy groups -OCH3 is 2. The molecule has 0 amide bonds. The van der Waals surface area contributed by atoms with Gasteiger partial charge in [-0.2, -0.15) is 0 Å². The van der Waals surface area contributed by atoms with E-state index in [0.29, 0.717) is 16.8 Å². The zero-order valence-electron chi connectivity index (χ0n) is 17.4. The molecule has 0 radical (unpaired) electrons. The van der Waals surface area contributed by atoms with Crippen LogP contribution in [-0.4, -0.2) is 47.4 Å². The van der Waals surface area contributed by atoms with Gasteiger partial charge in [0, 0.05) is 23.3 Å². The van der Waals surface area contributed by atoms with E-state index in [4.69, 9.17) is 14.2 Å². The Morgan fingerprint density at radius 1 is 0.967 bits per heavy atom. The van der Waals surface area contributed by atoms with Crippen molar-refractivity contribution in [2.24, 2.45) is 0 Å². The minimum Gasteiger partial charge on any atom is -0.465 e. The lowest BCUT2D eigenvalue weighted by molar-refractivity contribution is 0.0542. The maximum atomic E-state index is 12.7. The number of hydrogen-bond acceptors (Lipinski definition) is 7. The number of aromatic nitrogens is 2. The largest absolute Gasteiger partial charge is 0.465 e. The topological polar surface area (TPSA) is 96.7 Å². The molecule has 2 aromatic heterocycles. The van der Waals surface area contributed by atoms with E-state index in [0.717, 1.165) is 5.39 Å². The highest BCUT2D eigenvalue weighted by Gasteiger charge is 2.24. The number of carbonyl (C=O) groups excluding carboxylic acids is 3. The molecular weight excluding hydrogens is 388 g/mol. The lowest BCUT2D eigenvalue weighted by atomic mass is 10.0. The molecule has 0 spiro atoms. The summed E-state index contributed by atoms with van der Waals surface area (Å²) in [4.78, 5) is 41.3. The maximum absolute atomic E-state index is 12.7. The van der Waals surface area contributed by atoms with Gasteiger partial charge in [-0.1, -0.05) is 18.2 Å². The van der Waals surface area contributed by atoms with Crippen LogP contribution in [0, 0.1) is 0 Å². The van der Waals surface area contributed by atoms with Gasteiger partial charge in [-0.25, -0.2) is 14.4 Å². The third kappa shape index (κ3) is 4.03. The van der Waals surface area contributed by atoms with Gasteiger partial charge in [0.25, 0.3) is 0 Å². The molecule has 1 aromatic carbocycles. The summed E-state index contributed by atoms with van der Waals surface area (Å²) in [5.74, 6) is -1.40. The molecule has 0 aliphatic rings. The van der Waals surface area contributed by atoms with E-state index < -0.39 is 23.6 Å². The van der Waals surface area contributed by atoms with Gasteiger partial charge in [-0.3, -0.25) is 9.55 Å². The first-order valence-electron chi connectivity index (χ1n) is 9.16. The van der Waals surface area contributed by atoms with Crippen LogP contribution in [0.25, 0.3) is 22.2 Å². The molecule has 3 rings (SSSR count). The molecule has 0 N–H and O–H groups in total. The van der Waals surface area contributed by atoms with Crippen molar-refractivity contribution in [2.75, 3.05) is 14.2 Å². The van der Waals surface area contributed by atoms with Crippen molar-refractivity contribution < 1.29 is 28.6 Å². The quantitative estimate of drug-likeness (QED) is 0.474. The van der Waals surface area contributed by atoms with Gasteiger partial charge < -0.3 is 14.2 Å². The second-order valence-electron chi connectivity index (χ2n) is 7.51. The van der Waals surface area contributed by atoms with E-state index in [-0.39, 0.29) is 11.1 Å². The van der Waals surface area contributed by atoms with Gasteiger partial charge in [0.1, 0.15) is 5.60 Å². The van der Waals surface area contributed by atoms with E-state index in [1.54, 1.807) is 39.1 Å². The number of rotatable bonds is 3. The van der Waals surface area contributed by atoms with Crippen LogP contribution >= 0.6 is 0 Å². The Hall–Kier alpha value is -3.68. The second kappa shape index (κ2) is 7.98. The van der Waals surface area contributed by atoms with E-state index >= 15 is 0 Å².